The SMILES string of the molecule is Cc1cc(C)c(C(=O)[S])c(C)c1. The molecule has 0 spiro atoms. The van der Waals surface area contributed by atoms with E-state index in [1.54, 1.807) is 0 Å². The molecule has 1 nitrogen and oxygen atoms in total. The van der Waals surface area contributed by atoms with Gasteiger partial charge in [0.25, 0.3) is 0 Å². The summed E-state index contributed by atoms with van der Waals surface area (Å²) >= 11 is 4.62. The molecule has 1 aromatic carbocycles. The van der Waals surface area contributed by atoms with Crippen LogP contribution in [0.1, 0.15) is 27.0 Å². The summed E-state index contributed by atoms with van der Waals surface area (Å²) in [7, 11) is 0. The van der Waals surface area contributed by atoms with Gasteiger partial charge in [-0.05, 0) is 44.5 Å². The predicted octanol–water partition coefficient (Wildman–Crippen LogP) is 2.95. The van der Waals surface area contributed by atoms with Crippen molar-refractivity contribution in [1.29, 1.82) is 0 Å². The smallest absolute Gasteiger partial charge is 0.249 e. The third-order valence-electron chi connectivity index (χ3n) is 1.88. The van der Waals surface area contributed by atoms with Gasteiger partial charge in [-0.15, -0.1) is 0 Å². The molecule has 0 amide bonds. The lowest BCUT2D eigenvalue weighted by Crippen LogP contribution is -1.98. The van der Waals surface area contributed by atoms with Crippen molar-refractivity contribution in [2.75, 3.05) is 0 Å². The second-order valence-corrected chi connectivity index (χ2v) is 3.43. The highest BCUT2D eigenvalue weighted by Crippen LogP contribution is 2.17. The molecular weight excluding hydrogens is 168 g/mol. The van der Waals surface area contributed by atoms with Crippen molar-refractivity contribution in [3.63, 3.8) is 0 Å². The fraction of sp³-hybridized carbons (Fsp3) is 0.300. The third-order valence-corrected chi connectivity index (χ3v) is 2.09. The normalized spacial score (nSPS) is 9.92. The summed E-state index contributed by atoms with van der Waals surface area (Å²) < 4.78 is 0. The van der Waals surface area contributed by atoms with Crippen LogP contribution >= 0.6 is 12.6 Å². The fourth-order valence-corrected chi connectivity index (χ4v) is 1.82. The molecule has 63 valence electrons. The average molecular weight is 179 g/mol. The van der Waals surface area contributed by atoms with E-state index in [1.807, 2.05) is 32.9 Å². The third kappa shape index (κ3) is 1.64. The van der Waals surface area contributed by atoms with Crippen LogP contribution in [-0.2, 0) is 0 Å². The van der Waals surface area contributed by atoms with Crippen LogP contribution in [0.4, 0.5) is 0 Å². The monoisotopic (exact) mass is 179 g/mol. The van der Waals surface area contributed by atoms with Crippen LogP contribution in [0, 0.1) is 20.8 Å². The Bertz CT molecular complexity index is 306. The Kier molecular flexibility index (Phi) is 2.48. The fourth-order valence-electron chi connectivity index (χ4n) is 1.50. The van der Waals surface area contributed by atoms with E-state index in [0.717, 1.165) is 11.1 Å². The zero-order valence-electron chi connectivity index (χ0n) is 7.47. The Morgan fingerprint density at radius 2 is 1.58 bits per heavy atom. The summed E-state index contributed by atoms with van der Waals surface area (Å²) in [6, 6.07) is 3.96. The van der Waals surface area contributed by atoms with Gasteiger partial charge >= 0.3 is 0 Å². The molecule has 0 aliphatic rings. The summed E-state index contributed by atoms with van der Waals surface area (Å²) in [6.45, 7) is 5.84. The molecule has 0 aromatic heterocycles. The van der Waals surface area contributed by atoms with E-state index in [1.165, 1.54) is 5.56 Å². The van der Waals surface area contributed by atoms with Crippen LogP contribution in [0.25, 0.3) is 0 Å². The topological polar surface area (TPSA) is 17.1 Å². The molecule has 0 aliphatic heterocycles. The summed E-state index contributed by atoms with van der Waals surface area (Å²) in [6.07, 6.45) is 0. The van der Waals surface area contributed by atoms with Gasteiger partial charge in [-0.2, -0.15) is 0 Å². The van der Waals surface area contributed by atoms with E-state index in [0.29, 0.717) is 5.56 Å². The molecule has 0 heterocycles. The molecule has 1 rings (SSSR count). The number of aryl methyl sites for hydroxylation is 3. The van der Waals surface area contributed by atoms with E-state index in [9.17, 15) is 4.79 Å². The van der Waals surface area contributed by atoms with Crippen LogP contribution in [0.2, 0.25) is 0 Å². The minimum absolute atomic E-state index is 0.259. The summed E-state index contributed by atoms with van der Waals surface area (Å²) in [4.78, 5) is 11.0. The first-order valence-corrected chi connectivity index (χ1v) is 4.22. The van der Waals surface area contributed by atoms with Gasteiger partial charge in [0, 0.05) is 5.56 Å². The number of benzene rings is 1. The molecule has 0 unspecified atom stereocenters. The van der Waals surface area contributed by atoms with Crippen molar-refractivity contribution < 1.29 is 4.79 Å². The molecule has 1 radical (unpaired) electrons. The lowest BCUT2D eigenvalue weighted by molar-refractivity contribution is 0.109. The second kappa shape index (κ2) is 3.23. The zero-order chi connectivity index (χ0) is 9.30. The lowest BCUT2D eigenvalue weighted by Gasteiger charge is -2.05. The van der Waals surface area contributed by atoms with Gasteiger partial charge in [-0.3, -0.25) is 4.79 Å². The maximum atomic E-state index is 11.0. The molecule has 2 heteroatoms. The van der Waals surface area contributed by atoms with Crippen LogP contribution in [0.3, 0.4) is 0 Å². The van der Waals surface area contributed by atoms with Crippen LogP contribution < -0.4 is 0 Å². The van der Waals surface area contributed by atoms with Crippen molar-refractivity contribution in [2.24, 2.45) is 0 Å². The molecule has 12 heavy (non-hydrogen) atoms. The lowest BCUT2D eigenvalue weighted by atomic mass is 10.0. The van der Waals surface area contributed by atoms with Crippen molar-refractivity contribution in [2.45, 2.75) is 20.8 Å². The van der Waals surface area contributed by atoms with Gasteiger partial charge in [0.2, 0.25) is 5.12 Å². The molecule has 0 bridgehead atoms. The molecule has 0 N–H and O–H groups in total. The predicted molar refractivity (Wildman–Crippen MR) is 52.6 cm³/mol. The van der Waals surface area contributed by atoms with E-state index in [4.69, 9.17) is 0 Å². The van der Waals surface area contributed by atoms with Gasteiger partial charge in [-0.25, -0.2) is 0 Å². The van der Waals surface area contributed by atoms with Gasteiger partial charge < -0.3 is 0 Å². The van der Waals surface area contributed by atoms with Gasteiger partial charge in [0.1, 0.15) is 0 Å². The highest BCUT2D eigenvalue weighted by Gasteiger charge is 2.09. The largest absolute Gasteiger partial charge is 0.276 e. The highest BCUT2D eigenvalue weighted by molar-refractivity contribution is 7.97. The number of carbonyl (C=O) groups is 1. The minimum Gasteiger partial charge on any atom is -0.276 e. The highest BCUT2D eigenvalue weighted by atomic mass is 32.1. The van der Waals surface area contributed by atoms with Gasteiger partial charge in [0.15, 0.2) is 0 Å². The molecule has 0 saturated heterocycles. The maximum Gasteiger partial charge on any atom is 0.249 e. The van der Waals surface area contributed by atoms with E-state index in [2.05, 4.69) is 12.6 Å². The molecular formula is C10H11OS. The van der Waals surface area contributed by atoms with Crippen LogP contribution in [0.5, 0.6) is 0 Å². The first-order chi connectivity index (χ1) is 5.52. The number of hydrogen-bond acceptors (Lipinski definition) is 1. The second-order valence-electron chi connectivity index (χ2n) is 3.06. The van der Waals surface area contributed by atoms with Crippen LogP contribution in [0.15, 0.2) is 12.1 Å². The molecule has 0 saturated carbocycles. The van der Waals surface area contributed by atoms with E-state index >= 15 is 0 Å². The Hall–Kier alpha value is -0.890. The Morgan fingerprint density at radius 1 is 1.17 bits per heavy atom. The number of hydrogen-bond donors (Lipinski definition) is 0. The van der Waals surface area contributed by atoms with Crippen molar-refractivity contribution in [3.8, 4) is 0 Å². The van der Waals surface area contributed by atoms with E-state index < -0.39 is 0 Å². The van der Waals surface area contributed by atoms with E-state index in [-0.39, 0.29) is 5.12 Å². The summed E-state index contributed by atoms with van der Waals surface area (Å²) in [5, 5.41) is -0.259. The standard InChI is InChI=1S/C10H11OS/c1-6-4-7(2)9(10(11)12)8(3)5-6/h4-5H,1-3H3. The quantitative estimate of drug-likeness (QED) is 0.647. The van der Waals surface area contributed by atoms with Crippen molar-refractivity contribution in [3.05, 3.63) is 34.4 Å². The Morgan fingerprint density at radius 3 is 1.92 bits per heavy atom. The van der Waals surface area contributed by atoms with Gasteiger partial charge in [-0.1, -0.05) is 17.7 Å². The average Bonchev–Trinajstić information content (AvgIpc) is 1.82. The summed E-state index contributed by atoms with van der Waals surface area (Å²) in [5.41, 5.74) is 3.82. The molecule has 0 atom stereocenters. The van der Waals surface area contributed by atoms with Crippen molar-refractivity contribution >= 4 is 17.7 Å². The van der Waals surface area contributed by atoms with Gasteiger partial charge in [0.05, 0.1) is 0 Å². The van der Waals surface area contributed by atoms with Crippen LogP contribution in [-0.4, -0.2) is 5.12 Å². The molecule has 0 fully saturated rings. The Balaban J connectivity index is 3.38. The zero-order valence-corrected chi connectivity index (χ0v) is 8.29. The number of rotatable bonds is 1. The molecule has 1 aromatic rings. The molecule has 0 aliphatic carbocycles. The first-order valence-electron chi connectivity index (χ1n) is 3.81. The number of carbonyl (C=O) groups excluding carboxylic acids is 1. The maximum absolute atomic E-state index is 11.0. The Labute approximate surface area is 78.2 Å². The first kappa shape index (κ1) is 9.20. The summed E-state index contributed by atoms with van der Waals surface area (Å²) in [5.74, 6) is 0. The minimum atomic E-state index is -0.259. The van der Waals surface area contributed by atoms with Crippen molar-refractivity contribution in [1.82, 2.24) is 0 Å².